The fraction of sp³-hybridized carbons (Fsp3) is 0.286. The first kappa shape index (κ1) is 19.4. The predicted octanol–water partition coefficient (Wildman–Crippen LogP) is 3.73. The molecule has 7 heteroatoms. The van der Waals surface area contributed by atoms with Crippen LogP contribution in [0, 0.1) is 0 Å². The van der Waals surface area contributed by atoms with Crippen molar-refractivity contribution in [2.24, 2.45) is 0 Å². The lowest BCUT2D eigenvalue weighted by molar-refractivity contribution is -0.222. The van der Waals surface area contributed by atoms with Crippen molar-refractivity contribution in [2.75, 3.05) is 6.61 Å². The Kier molecular flexibility index (Phi) is 5.35. The van der Waals surface area contributed by atoms with Gasteiger partial charge in [0, 0.05) is 25.5 Å². The Morgan fingerprint density at radius 1 is 1.11 bits per heavy atom. The molecular weight excluding hydrogens is 364 g/mol. The highest BCUT2D eigenvalue weighted by molar-refractivity contribution is 6.18. The number of carbonyl (C=O) groups excluding carboxylic acids is 3. The van der Waals surface area contributed by atoms with Crippen LogP contribution >= 0.6 is 0 Å². The second kappa shape index (κ2) is 7.72. The topological polar surface area (TPSA) is 92.0 Å². The van der Waals surface area contributed by atoms with Gasteiger partial charge in [-0.2, -0.15) is 0 Å². The third-order valence-corrected chi connectivity index (χ3v) is 3.85. The number of cyclic esters (lactones) is 2. The van der Waals surface area contributed by atoms with Gasteiger partial charge in [0.05, 0.1) is 12.2 Å². The van der Waals surface area contributed by atoms with Crippen LogP contribution in [0.15, 0.2) is 46.4 Å². The minimum absolute atomic E-state index is 0.253. The van der Waals surface area contributed by atoms with Crippen molar-refractivity contribution in [3.05, 3.63) is 53.3 Å². The number of carbonyl (C=O) groups is 3. The quantitative estimate of drug-likeness (QED) is 0.440. The molecule has 2 heterocycles. The lowest BCUT2D eigenvalue weighted by Crippen LogP contribution is -2.41. The van der Waals surface area contributed by atoms with E-state index in [2.05, 4.69) is 0 Å². The SMILES string of the molecule is CCCOC(=O)c1cccc(-c2ccc(C=C3C(=O)OC(C)(C)OC3=O)o2)c1. The zero-order valence-electron chi connectivity index (χ0n) is 15.8. The summed E-state index contributed by atoms with van der Waals surface area (Å²) >= 11 is 0. The summed E-state index contributed by atoms with van der Waals surface area (Å²) in [5, 5.41) is 0. The molecule has 0 amide bonds. The summed E-state index contributed by atoms with van der Waals surface area (Å²) in [4.78, 5) is 36.1. The van der Waals surface area contributed by atoms with Crippen molar-refractivity contribution < 1.29 is 33.0 Å². The molecule has 1 aliphatic rings. The van der Waals surface area contributed by atoms with Crippen LogP contribution in [0.4, 0.5) is 0 Å². The molecule has 3 rings (SSSR count). The summed E-state index contributed by atoms with van der Waals surface area (Å²) in [5.41, 5.74) is 0.812. The highest BCUT2D eigenvalue weighted by Gasteiger charge is 2.39. The van der Waals surface area contributed by atoms with Gasteiger partial charge in [-0.25, -0.2) is 14.4 Å². The molecule has 1 aliphatic heterocycles. The lowest BCUT2D eigenvalue weighted by atomic mass is 10.1. The molecule has 146 valence electrons. The minimum Gasteiger partial charge on any atom is -0.462 e. The van der Waals surface area contributed by atoms with Gasteiger partial charge < -0.3 is 18.6 Å². The van der Waals surface area contributed by atoms with Crippen molar-refractivity contribution in [1.29, 1.82) is 0 Å². The minimum atomic E-state index is -1.30. The van der Waals surface area contributed by atoms with Crippen LogP contribution in [0.5, 0.6) is 0 Å². The summed E-state index contributed by atoms with van der Waals surface area (Å²) in [7, 11) is 0. The molecule has 1 aromatic heterocycles. The third kappa shape index (κ3) is 4.31. The zero-order valence-corrected chi connectivity index (χ0v) is 15.8. The van der Waals surface area contributed by atoms with E-state index in [0.29, 0.717) is 23.5 Å². The molecule has 2 aromatic rings. The molecule has 1 aromatic carbocycles. The first-order valence-corrected chi connectivity index (χ1v) is 8.85. The third-order valence-electron chi connectivity index (χ3n) is 3.85. The van der Waals surface area contributed by atoms with E-state index in [4.69, 9.17) is 18.6 Å². The molecular formula is C21H20O7. The number of ether oxygens (including phenoxy) is 3. The fourth-order valence-electron chi connectivity index (χ4n) is 2.58. The van der Waals surface area contributed by atoms with Crippen molar-refractivity contribution >= 4 is 24.0 Å². The summed E-state index contributed by atoms with van der Waals surface area (Å²) in [6, 6.07) is 10.1. The van der Waals surface area contributed by atoms with Gasteiger partial charge in [0.25, 0.3) is 5.79 Å². The smallest absolute Gasteiger partial charge is 0.348 e. The van der Waals surface area contributed by atoms with Gasteiger partial charge in [0.1, 0.15) is 17.1 Å². The van der Waals surface area contributed by atoms with Crippen LogP contribution in [0.1, 0.15) is 43.3 Å². The Labute approximate surface area is 161 Å². The predicted molar refractivity (Wildman–Crippen MR) is 99.0 cm³/mol. The second-order valence-electron chi connectivity index (χ2n) is 6.66. The van der Waals surface area contributed by atoms with Gasteiger partial charge >= 0.3 is 17.9 Å². The van der Waals surface area contributed by atoms with E-state index < -0.39 is 23.7 Å². The van der Waals surface area contributed by atoms with Crippen molar-refractivity contribution in [1.82, 2.24) is 0 Å². The molecule has 0 unspecified atom stereocenters. The van der Waals surface area contributed by atoms with Crippen LogP contribution in [0.2, 0.25) is 0 Å². The highest BCUT2D eigenvalue weighted by atomic mass is 16.7. The van der Waals surface area contributed by atoms with Crippen LogP contribution in [-0.2, 0) is 23.8 Å². The van der Waals surface area contributed by atoms with Gasteiger partial charge in [-0.05, 0) is 30.7 Å². The number of hydrogen-bond donors (Lipinski definition) is 0. The first-order valence-electron chi connectivity index (χ1n) is 8.85. The Morgan fingerprint density at radius 3 is 2.50 bits per heavy atom. The molecule has 0 aliphatic carbocycles. The van der Waals surface area contributed by atoms with Gasteiger partial charge in [0.15, 0.2) is 0 Å². The summed E-state index contributed by atoms with van der Waals surface area (Å²) < 4.78 is 20.9. The number of benzene rings is 1. The molecule has 7 nitrogen and oxygen atoms in total. The molecule has 0 saturated carbocycles. The molecule has 0 spiro atoms. The lowest BCUT2D eigenvalue weighted by Gasteiger charge is -2.29. The van der Waals surface area contributed by atoms with E-state index in [1.165, 1.54) is 19.9 Å². The number of esters is 3. The van der Waals surface area contributed by atoms with Crippen LogP contribution < -0.4 is 0 Å². The van der Waals surface area contributed by atoms with Crippen LogP contribution in [-0.4, -0.2) is 30.3 Å². The Balaban J connectivity index is 1.82. The molecule has 1 saturated heterocycles. The van der Waals surface area contributed by atoms with E-state index in [-0.39, 0.29) is 11.3 Å². The average molecular weight is 384 g/mol. The maximum atomic E-state index is 12.0. The van der Waals surface area contributed by atoms with E-state index in [1.54, 1.807) is 36.4 Å². The monoisotopic (exact) mass is 384 g/mol. The largest absolute Gasteiger partial charge is 0.462 e. The van der Waals surface area contributed by atoms with Crippen molar-refractivity contribution in [3.63, 3.8) is 0 Å². The summed E-state index contributed by atoms with van der Waals surface area (Å²) in [6.07, 6.45) is 2.01. The van der Waals surface area contributed by atoms with Gasteiger partial charge in [-0.15, -0.1) is 0 Å². The van der Waals surface area contributed by atoms with E-state index >= 15 is 0 Å². The van der Waals surface area contributed by atoms with Gasteiger partial charge in [-0.1, -0.05) is 19.1 Å². The van der Waals surface area contributed by atoms with Crippen molar-refractivity contribution in [3.8, 4) is 11.3 Å². The molecule has 0 atom stereocenters. The molecule has 28 heavy (non-hydrogen) atoms. The maximum Gasteiger partial charge on any atom is 0.348 e. The number of furan rings is 1. The van der Waals surface area contributed by atoms with Crippen LogP contribution in [0.25, 0.3) is 17.4 Å². The van der Waals surface area contributed by atoms with Gasteiger partial charge in [0.2, 0.25) is 0 Å². The fourth-order valence-corrected chi connectivity index (χ4v) is 2.58. The summed E-state index contributed by atoms with van der Waals surface area (Å²) in [5.74, 6) is -2.52. The second-order valence-corrected chi connectivity index (χ2v) is 6.66. The average Bonchev–Trinajstić information content (AvgIpc) is 3.11. The van der Waals surface area contributed by atoms with E-state index in [9.17, 15) is 14.4 Å². The Morgan fingerprint density at radius 2 is 1.82 bits per heavy atom. The Hall–Kier alpha value is -3.35. The number of hydrogen-bond acceptors (Lipinski definition) is 7. The van der Waals surface area contributed by atoms with E-state index in [1.807, 2.05) is 6.92 Å². The molecule has 0 N–H and O–H groups in total. The molecule has 0 radical (unpaired) electrons. The van der Waals surface area contributed by atoms with Crippen LogP contribution in [0.3, 0.4) is 0 Å². The van der Waals surface area contributed by atoms with E-state index in [0.717, 1.165) is 6.42 Å². The molecule has 1 fully saturated rings. The summed E-state index contributed by atoms with van der Waals surface area (Å²) in [6.45, 7) is 5.22. The molecule has 0 bridgehead atoms. The normalized spacial score (nSPS) is 15.6. The maximum absolute atomic E-state index is 12.0. The van der Waals surface area contributed by atoms with Crippen molar-refractivity contribution in [2.45, 2.75) is 33.0 Å². The standard InChI is InChI=1S/C21H20O7/c1-4-10-25-18(22)14-7-5-6-13(11-14)17-9-8-15(26-17)12-16-19(23)27-21(2,3)28-20(16)24/h5-9,11-12H,4,10H2,1-3H3. The van der Waals surface area contributed by atoms with Gasteiger partial charge in [-0.3, -0.25) is 0 Å². The number of rotatable bonds is 5. The highest BCUT2D eigenvalue weighted by Crippen LogP contribution is 2.27. The zero-order chi connectivity index (χ0) is 20.3. The first-order chi connectivity index (χ1) is 13.3. The Bertz CT molecular complexity index is 927.